The van der Waals surface area contributed by atoms with Crippen molar-refractivity contribution in [1.29, 1.82) is 0 Å². The largest absolute Gasteiger partial charge is 0.453 e. The van der Waals surface area contributed by atoms with Crippen LogP contribution >= 0.6 is 0 Å². The number of ether oxygens (including phenoxy) is 1. The molecule has 0 unspecified atom stereocenters. The number of hydrogen-bond acceptors (Lipinski definition) is 2. The van der Waals surface area contributed by atoms with Crippen molar-refractivity contribution in [2.75, 3.05) is 7.11 Å². The van der Waals surface area contributed by atoms with Gasteiger partial charge in [-0.05, 0) is 56.3 Å². The summed E-state index contributed by atoms with van der Waals surface area (Å²) in [5.41, 5.74) is 0.0991. The van der Waals surface area contributed by atoms with Crippen LogP contribution in [0, 0.1) is 17.8 Å². The maximum absolute atomic E-state index is 11.4. The predicted octanol–water partition coefficient (Wildman–Crippen LogP) is 2.31. The molecule has 0 atom stereocenters. The number of methoxy groups -OCH3 is 1. The van der Waals surface area contributed by atoms with E-state index >= 15 is 0 Å². The molecule has 0 aromatic heterocycles. The Hall–Kier alpha value is -0.730. The van der Waals surface area contributed by atoms with Gasteiger partial charge in [0.2, 0.25) is 0 Å². The predicted molar refractivity (Wildman–Crippen MR) is 56.4 cm³/mol. The summed E-state index contributed by atoms with van der Waals surface area (Å²) < 4.78 is 4.74. The van der Waals surface area contributed by atoms with Crippen LogP contribution in [0.4, 0.5) is 4.79 Å². The number of hydrogen-bond donors (Lipinski definition) is 1. The molecule has 0 radical (unpaired) electrons. The van der Waals surface area contributed by atoms with Gasteiger partial charge in [-0.2, -0.15) is 0 Å². The molecule has 3 nitrogen and oxygen atoms in total. The zero-order chi connectivity index (χ0) is 10.5. The Bertz CT molecular complexity index is 252. The molecule has 15 heavy (non-hydrogen) atoms. The Labute approximate surface area is 90.6 Å². The maximum Gasteiger partial charge on any atom is 0.407 e. The molecule has 0 spiro atoms. The standard InChI is InChI=1S/C12H19NO2/c1-15-11(14)13-12-5-8-2-9(6-12)4-10(3-8)7-12/h8-10H,2-7H2,1H3,(H,13,14). The molecule has 0 aliphatic heterocycles. The summed E-state index contributed by atoms with van der Waals surface area (Å²) in [5.74, 6) is 2.61. The Morgan fingerprint density at radius 1 is 1.13 bits per heavy atom. The lowest BCUT2D eigenvalue weighted by Crippen LogP contribution is -2.59. The molecule has 3 heteroatoms. The SMILES string of the molecule is COC(=O)NC12CC3CC(CC(C3)C1)C2. The van der Waals surface area contributed by atoms with Crippen LogP contribution in [0.1, 0.15) is 38.5 Å². The molecule has 0 aromatic carbocycles. The first kappa shape index (κ1) is 9.49. The second-order valence-corrected chi connectivity index (χ2v) is 5.81. The van der Waals surface area contributed by atoms with Crippen LogP contribution in [0.25, 0.3) is 0 Å². The Balaban J connectivity index is 1.78. The second kappa shape index (κ2) is 3.13. The van der Waals surface area contributed by atoms with Crippen molar-refractivity contribution < 1.29 is 9.53 Å². The van der Waals surface area contributed by atoms with E-state index in [0.717, 1.165) is 17.8 Å². The van der Waals surface area contributed by atoms with Gasteiger partial charge in [0.15, 0.2) is 0 Å². The van der Waals surface area contributed by atoms with Crippen LogP contribution in [0.15, 0.2) is 0 Å². The van der Waals surface area contributed by atoms with Crippen molar-refractivity contribution in [3.05, 3.63) is 0 Å². The number of carbonyl (C=O) groups excluding carboxylic acids is 1. The van der Waals surface area contributed by atoms with Crippen molar-refractivity contribution in [2.24, 2.45) is 17.8 Å². The Morgan fingerprint density at radius 2 is 1.60 bits per heavy atom. The highest BCUT2D eigenvalue weighted by atomic mass is 16.5. The van der Waals surface area contributed by atoms with Crippen molar-refractivity contribution in [3.8, 4) is 0 Å². The summed E-state index contributed by atoms with van der Waals surface area (Å²) in [6.45, 7) is 0. The third-order valence-corrected chi connectivity index (χ3v) is 4.59. The molecular formula is C12H19NO2. The van der Waals surface area contributed by atoms with Gasteiger partial charge < -0.3 is 10.1 Å². The van der Waals surface area contributed by atoms with E-state index < -0.39 is 0 Å². The fourth-order valence-corrected chi connectivity index (χ4v) is 4.53. The number of rotatable bonds is 1. The fraction of sp³-hybridized carbons (Fsp3) is 0.917. The van der Waals surface area contributed by atoms with Crippen LogP contribution in [-0.2, 0) is 4.74 Å². The molecule has 1 amide bonds. The smallest absolute Gasteiger partial charge is 0.407 e. The van der Waals surface area contributed by atoms with E-state index in [1.807, 2.05) is 0 Å². The van der Waals surface area contributed by atoms with Gasteiger partial charge in [0.05, 0.1) is 7.11 Å². The third-order valence-electron chi connectivity index (χ3n) is 4.59. The molecule has 4 aliphatic carbocycles. The molecule has 0 aromatic rings. The van der Waals surface area contributed by atoms with Crippen LogP contribution in [0.2, 0.25) is 0 Å². The number of nitrogens with one attached hydrogen (secondary N) is 1. The first-order valence-corrected chi connectivity index (χ1v) is 6.05. The van der Waals surface area contributed by atoms with Gasteiger partial charge in [-0.25, -0.2) is 4.79 Å². The lowest BCUT2D eigenvalue weighted by atomic mass is 9.53. The molecule has 0 saturated heterocycles. The van der Waals surface area contributed by atoms with Gasteiger partial charge in [-0.15, -0.1) is 0 Å². The minimum atomic E-state index is -0.239. The monoisotopic (exact) mass is 209 g/mol. The van der Waals surface area contributed by atoms with E-state index in [9.17, 15) is 4.79 Å². The van der Waals surface area contributed by atoms with Crippen LogP contribution in [-0.4, -0.2) is 18.7 Å². The first-order chi connectivity index (χ1) is 7.19. The molecule has 4 saturated carbocycles. The van der Waals surface area contributed by atoms with Crippen LogP contribution in [0.5, 0.6) is 0 Å². The zero-order valence-electron chi connectivity index (χ0n) is 9.29. The van der Waals surface area contributed by atoms with Crippen molar-refractivity contribution in [1.82, 2.24) is 5.32 Å². The topological polar surface area (TPSA) is 38.3 Å². The van der Waals surface area contributed by atoms with Crippen molar-refractivity contribution >= 4 is 6.09 Å². The summed E-state index contributed by atoms with van der Waals surface area (Å²) >= 11 is 0. The highest BCUT2D eigenvalue weighted by molar-refractivity contribution is 5.68. The van der Waals surface area contributed by atoms with Crippen LogP contribution in [0.3, 0.4) is 0 Å². The molecular weight excluding hydrogens is 190 g/mol. The average Bonchev–Trinajstić information content (AvgIpc) is 2.14. The molecule has 0 heterocycles. The van der Waals surface area contributed by atoms with Crippen LogP contribution < -0.4 is 5.32 Å². The molecule has 4 fully saturated rings. The van der Waals surface area contributed by atoms with Gasteiger partial charge >= 0.3 is 6.09 Å². The number of amides is 1. The number of alkyl carbamates (subject to hydrolysis) is 1. The lowest BCUT2D eigenvalue weighted by molar-refractivity contribution is -0.0178. The second-order valence-electron chi connectivity index (χ2n) is 5.81. The van der Waals surface area contributed by atoms with Gasteiger partial charge in [0, 0.05) is 5.54 Å². The Morgan fingerprint density at radius 3 is 2.00 bits per heavy atom. The molecule has 4 aliphatic rings. The quantitative estimate of drug-likeness (QED) is 0.719. The van der Waals surface area contributed by atoms with E-state index in [1.54, 1.807) is 0 Å². The van der Waals surface area contributed by atoms with E-state index in [2.05, 4.69) is 5.32 Å². The summed E-state index contributed by atoms with van der Waals surface area (Å²) in [4.78, 5) is 11.4. The maximum atomic E-state index is 11.4. The zero-order valence-corrected chi connectivity index (χ0v) is 9.29. The summed E-state index contributed by atoms with van der Waals surface area (Å²) in [5, 5.41) is 3.11. The lowest BCUT2D eigenvalue weighted by Gasteiger charge is -2.56. The minimum absolute atomic E-state index is 0.0991. The van der Waals surface area contributed by atoms with Gasteiger partial charge in [0.1, 0.15) is 0 Å². The van der Waals surface area contributed by atoms with Crippen molar-refractivity contribution in [2.45, 2.75) is 44.1 Å². The van der Waals surface area contributed by atoms with Gasteiger partial charge in [-0.1, -0.05) is 0 Å². The first-order valence-electron chi connectivity index (χ1n) is 6.05. The minimum Gasteiger partial charge on any atom is -0.453 e. The summed E-state index contributed by atoms with van der Waals surface area (Å²) in [6, 6.07) is 0. The van der Waals surface area contributed by atoms with E-state index in [1.165, 1.54) is 45.6 Å². The summed E-state index contributed by atoms with van der Waals surface area (Å²) in [6.07, 6.45) is 7.54. The van der Waals surface area contributed by atoms with E-state index in [-0.39, 0.29) is 11.6 Å². The highest BCUT2D eigenvalue weighted by Crippen LogP contribution is 2.55. The fourth-order valence-electron chi connectivity index (χ4n) is 4.53. The summed E-state index contributed by atoms with van der Waals surface area (Å²) in [7, 11) is 1.45. The average molecular weight is 209 g/mol. The van der Waals surface area contributed by atoms with E-state index in [4.69, 9.17) is 4.74 Å². The molecule has 84 valence electrons. The van der Waals surface area contributed by atoms with Gasteiger partial charge in [-0.3, -0.25) is 0 Å². The molecule has 1 N–H and O–H groups in total. The molecule has 4 bridgehead atoms. The normalized spacial score (nSPS) is 46.6. The number of carbonyl (C=O) groups is 1. The van der Waals surface area contributed by atoms with Crippen molar-refractivity contribution in [3.63, 3.8) is 0 Å². The van der Waals surface area contributed by atoms with E-state index in [0.29, 0.717) is 0 Å². The third kappa shape index (κ3) is 1.52. The molecule has 4 rings (SSSR count). The Kier molecular flexibility index (Phi) is 1.98. The highest BCUT2D eigenvalue weighted by Gasteiger charge is 2.51. The van der Waals surface area contributed by atoms with Gasteiger partial charge in [0.25, 0.3) is 0 Å².